The van der Waals surface area contributed by atoms with Crippen molar-refractivity contribution in [1.29, 1.82) is 0 Å². The van der Waals surface area contributed by atoms with Crippen molar-refractivity contribution in [3.63, 3.8) is 0 Å². The third-order valence-electron chi connectivity index (χ3n) is 6.42. The summed E-state index contributed by atoms with van der Waals surface area (Å²) in [7, 11) is 0. The lowest BCUT2D eigenvalue weighted by Gasteiger charge is -2.36. The van der Waals surface area contributed by atoms with Crippen LogP contribution in [0.4, 0.5) is 30.6 Å². The summed E-state index contributed by atoms with van der Waals surface area (Å²) in [6, 6.07) is 18.7. The predicted octanol–water partition coefficient (Wildman–Crippen LogP) is 4.81. The van der Waals surface area contributed by atoms with Crippen molar-refractivity contribution >= 4 is 34.9 Å². The number of nitrogens with zero attached hydrogens (tertiary/aromatic N) is 3. The molecule has 8 nitrogen and oxygen atoms in total. The third-order valence-corrected chi connectivity index (χ3v) is 6.42. The number of halogens is 2. The molecule has 10 heteroatoms. The molecule has 0 radical (unpaired) electrons. The smallest absolute Gasteiger partial charge is 0.322 e. The number of amides is 4. The van der Waals surface area contributed by atoms with Gasteiger partial charge in [-0.3, -0.25) is 9.59 Å². The van der Waals surface area contributed by atoms with Gasteiger partial charge in [0.25, 0.3) is 5.91 Å². The van der Waals surface area contributed by atoms with Crippen molar-refractivity contribution < 1.29 is 23.2 Å². The molecule has 1 saturated heterocycles. The minimum atomic E-state index is -0.619. The average Bonchev–Trinajstić information content (AvgIpc) is 2.94. The van der Waals surface area contributed by atoms with Crippen molar-refractivity contribution in [3.05, 3.63) is 90.0 Å². The van der Waals surface area contributed by atoms with Crippen LogP contribution in [0.1, 0.15) is 23.7 Å². The van der Waals surface area contributed by atoms with Crippen molar-refractivity contribution in [2.45, 2.75) is 13.3 Å². The maximum Gasteiger partial charge on any atom is 0.322 e. The number of urea groups is 1. The number of anilines is 3. The Hall–Kier alpha value is -4.47. The van der Waals surface area contributed by atoms with E-state index in [0.29, 0.717) is 44.8 Å². The summed E-state index contributed by atoms with van der Waals surface area (Å²) in [4.78, 5) is 43.1. The first-order valence-corrected chi connectivity index (χ1v) is 12.8. The van der Waals surface area contributed by atoms with Crippen molar-refractivity contribution in [3.8, 4) is 0 Å². The zero-order chi connectivity index (χ0) is 27.8. The van der Waals surface area contributed by atoms with E-state index in [1.54, 1.807) is 35.2 Å². The zero-order valence-corrected chi connectivity index (χ0v) is 21.7. The van der Waals surface area contributed by atoms with E-state index in [0.717, 1.165) is 5.69 Å². The summed E-state index contributed by atoms with van der Waals surface area (Å²) in [6.45, 7) is 4.16. The molecule has 1 aliphatic rings. The van der Waals surface area contributed by atoms with Gasteiger partial charge in [0.05, 0.1) is 11.3 Å². The lowest BCUT2D eigenvalue weighted by molar-refractivity contribution is -0.116. The normalized spacial score (nSPS) is 13.1. The first-order chi connectivity index (χ1) is 18.9. The maximum absolute atomic E-state index is 14.1. The number of piperazine rings is 1. The lowest BCUT2D eigenvalue weighted by Crippen LogP contribution is -2.50. The van der Waals surface area contributed by atoms with E-state index in [1.165, 1.54) is 35.2 Å². The second kappa shape index (κ2) is 12.9. The number of hydrogen-bond donors (Lipinski definition) is 2. The van der Waals surface area contributed by atoms with Gasteiger partial charge in [-0.15, -0.1) is 0 Å². The Kier molecular flexibility index (Phi) is 9.09. The molecule has 0 bridgehead atoms. The summed E-state index contributed by atoms with van der Waals surface area (Å²) < 4.78 is 27.9. The summed E-state index contributed by atoms with van der Waals surface area (Å²) >= 11 is 0. The zero-order valence-electron chi connectivity index (χ0n) is 21.7. The van der Waals surface area contributed by atoms with Crippen molar-refractivity contribution in [2.75, 3.05) is 54.8 Å². The molecule has 3 aromatic carbocycles. The number of rotatable bonds is 8. The van der Waals surface area contributed by atoms with Gasteiger partial charge in [0.2, 0.25) is 5.91 Å². The molecule has 0 unspecified atom stereocenters. The Morgan fingerprint density at radius 1 is 0.821 bits per heavy atom. The Morgan fingerprint density at radius 2 is 1.46 bits per heavy atom. The van der Waals surface area contributed by atoms with E-state index < -0.39 is 17.5 Å². The molecule has 1 heterocycles. The molecule has 0 saturated carbocycles. The minimum absolute atomic E-state index is 0.0621. The topological polar surface area (TPSA) is 85.0 Å². The molecule has 0 aliphatic carbocycles. The fraction of sp³-hybridized carbons (Fsp3) is 0.276. The van der Waals surface area contributed by atoms with Crippen LogP contribution in [0.15, 0.2) is 72.8 Å². The molecule has 39 heavy (non-hydrogen) atoms. The molecule has 2 N–H and O–H groups in total. The van der Waals surface area contributed by atoms with Gasteiger partial charge in [0.15, 0.2) is 0 Å². The van der Waals surface area contributed by atoms with Gasteiger partial charge in [0, 0.05) is 44.1 Å². The number of carbonyl (C=O) groups excluding carboxylic acids is 3. The first-order valence-electron chi connectivity index (χ1n) is 12.8. The van der Waals surface area contributed by atoms with Crippen LogP contribution in [-0.4, -0.2) is 66.9 Å². The van der Waals surface area contributed by atoms with Gasteiger partial charge in [0.1, 0.15) is 18.2 Å². The molecule has 4 rings (SSSR count). The first kappa shape index (κ1) is 27.6. The largest absolute Gasteiger partial charge is 0.368 e. The third kappa shape index (κ3) is 7.10. The average molecular weight is 536 g/mol. The van der Waals surface area contributed by atoms with E-state index >= 15 is 0 Å². The fourth-order valence-electron chi connectivity index (χ4n) is 4.38. The summed E-state index contributed by atoms with van der Waals surface area (Å²) in [6.07, 6.45) is 0.625. The van der Waals surface area contributed by atoms with Crippen LogP contribution in [0.5, 0.6) is 0 Å². The highest BCUT2D eigenvalue weighted by Crippen LogP contribution is 2.21. The second-order valence-corrected chi connectivity index (χ2v) is 9.19. The lowest BCUT2D eigenvalue weighted by atomic mass is 10.1. The minimum Gasteiger partial charge on any atom is -0.368 e. The number of carbonyl (C=O) groups is 3. The quantitative estimate of drug-likeness (QED) is 0.434. The Bertz CT molecular complexity index is 1310. The van der Waals surface area contributed by atoms with Crippen molar-refractivity contribution in [2.24, 2.45) is 0 Å². The number of benzene rings is 3. The number of para-hydroxylation sites is 1. The number of hydrogen-bond acceptors (Lipinski definition) is 4. The molecule has 0 spiro atoms. The molecule has 0 aromatic heterocycles. The van der Waals surface area contributed by atoms with Crippen LogP contribution in [0.25, 0.3) is 0 Å². The highest BCUT2D eigenvalue weighted by Gasteiger charge is 2.23. The summed E-state index contributed by atoms with van der Waals surface area (Å²) in [5.41, 5.74) is 1.59. The van der Waals surface area contributed by atoms with Gasteiger partial charge >= 0.3 is 6.03 Å². The van der Waals surface area contributed by atoms with E-state index in [2.05, 4.69) is 15.5 Å². The Morgan fingerprint density at radius 3 is 2.10 bits per heavy atom. The van der Waals surface area contributed by atoms with Gasteiger partial charge in [-0.2, -0.15) is 0 Å². The molecular weight excluding hydrogens is 504 g/mol. The van der Waals surface area contributed by atoms with Crippen LogP contribution < -0.4 is 15.5 Å². The van der Waals surface area contributed by atoms with Gasteiger partial charge in [-0.05, 0) is 55.0 Å². The number of nitrogens with one attached hydrogen (secondary N) is 2. The van der Waals surface area contributed by atoms with Gasteiger partial charge < -0.3 is 25.3 Å². The SMILES string of the molecule is CCCN(CC(=O)Nc1ccc(N2CCN(C(=O)Nc3ccccc3F)CC2)cc1)C(=O)c1ccccc1F. The molecule has 1 aliphatic heterocycles. The standard InChI is InChI=1S/C29H31F2N5O3/c1-2-15-36(28(38)23-7-3-4-8-24(23)30)20-27(37)32-21-11-13-22(14-12-21)34-16-18-35(19-17-34)29(39)33-26-10-6-5-9-25(26)31/h3-14H,2,15-20H2,1H3,(H,32,37)(H,33,39). The molecule has 0 atom stereocenters. The highest BCUT2D eigenvalue weighted by atomic mass is 19.1. The van der Waals surface area contributed by atoms with Crippen LogP contribution in [-0.2, 0) is 4.79 Å². The van der Waals surface area contributed by atoms with E-state index in [1.807, 2.05) is 19.1 Å². The maximum atomic E-state index is 14.1. The molecule has 3 aromatic rings. The predicted molar refractivity (Wildman–Crippen MR) is 147 cm³/mol. The molecular formula is C29H31F2N5O3. The molecule has 204 valence electrons. The van der Waals surface area contributed by atoms with Crippen molar-refractivity contribution in [1.82, 2.24) is 9.80 Å². The monoisotopic (exact) mass is 535 g/mol. The molecule has 4 amide bonds. The Balaban J connectivity index is 1.28. The highest BCUT2D eigenvalue weighted by molar-refractivity contribution is 5.99. The fourth-order valence-corrected chi connectivity index (χ4v) is 4.38. The van der Waals surface area contributed by atoms with Crippen LogP contribution in [0.3, 0.4) is 0 Å². The van der Waals surface area contributed by atoms with E-state index in [-0.39, 0.29) is 29.7 Å². The summed E-state index contributed by atoms with van der Waals surface area (Å²) in [5.74, 6) is -2.00. The van der Waals surface area contributed by atoms with Crippen LogP contribution in [0.2, 0.25) is 0 Å². The van der Waals surface area contributed by atoms with Crippen LogP contribution in [0, 0.1) is 11.6 Å². The summed E-state index contributed by atoms with van der Waals surface area (Å²) in [5, 5.41) is 5.41. The second-order valence-electron chi connectivity index (χ2n) is 9.19. The molecule has 1 fully saturated rings. The van der Waals surface area contributed by atoms with E-state index in [9.17, 15) is 23.2 Å². The van der Waals surface area contributed by atoms with Crippen LogP contribution >= 0.6 is 0 Å². The van der Waals surface area contributed by atoms with Gasteiger partial charge in [-0.25, -0.2) is 13.6 Å². The van der Waals surface area contributed by atoms with Gasteiger partial charge in [-0.1, -0.05) is 31.2 Å². The Labute approximate surface area is 226 Å². The van der Waals surface area contributed by atoms with E-state index in [4.69, 9.17) is 0 Å².